The molecule has 1 aliphatic heterocycles. The van der Waals surface area contributed by atoms with Crippen molar-refractivity contribution >= 4 is 44.5 Å². The third-order valence-corrected chi connectivity index (χ3v) is 5.76. The van der Waals surface area contributed by atoms with E-state index in [0.29, 0.717) is 10.9 Å². The van der Waals surface area contributed by atoms with Crippen molar-refractivity contribution < 1.29 is 19.1 Å². The van der Waals surface area contributed by atoms with Crippen LogP contribution in [0.2, 0.25) is 0 Å². The average molecular weight is 424 g/mol. The number of amides is 4. The minimum atomic E-state index is -0.711. The van der Waals surface area contributed by atoms with E-state index in [2.05, 4.69) is 15.6 Å². The fraction of sp³-hybridized carbons (Fsp3) is 0.238. The van der Waals surface area contributed by atoms with Gasteiger partial charge >= 0.3 is 6.03 Å². The highest BCUT2D eigenvalue weighted by molar-refractivity contribution is 7.22. The summed E-state index contributed by atoms with van der Waals surface area (Å²) in [6, 6.07) is 13.6. The predicted molar refractivity (Wildman–Crippen MR) is 113 cm³/mol. The molecule has 8 nitrogen and oxygen atoms in total. The third-order valence-electron chi connectivity index (χ3n) is 4.81. The van der Waals surface area contributed by atoms with Crippen LogP contribution in [0.3, 0.4) is 0 Å². The molecular weight excluding hydrogens is 404 g/mol. The van der Waals surface area contributed by atoms with Crippen LogP contribution < -0.4 is 15.4 Å². The maximum atomic E-state index is 12.6. The van der Waals surface area contributed by atoms with Gasteiger partial charge in [0.15, 0.2) is 5.13 Å². The number of hydrogen-bond donors (Lipinski definition) is 2. The molecule has 154 valence electrons. The Morgan fingerprint density at radius 2 is 1.97 bits per heavy atom. The summed E-state index contributed by atoms with van der Waals surface area (Å²) >= 11 is 1.39. The molecular formula is C21H20N4O4S. The van der Waals surface area contributed by atoms with E-state index in [9.17, 15) is 14.4 Å². The second-order valence-corrected chi connectivity index (χ2v) is 7.88. The Morgan fingerprint density at radius 3 is 2.70 bits per heavy atom. The van der Waals surface area contributed by atoms with Crippen molar-refractivity contribution in [2.45, 2.75) is 25.4 Å². The van der Waals surface area contributed by atoms with Crippen molar-refractivity contribution in [1.82, 2.24) is 15.2 Å². The zero-order chi connectivity index (χ0) is 21.1. The van der Waals surface area contributed by atoms with Crippen LogP contribution in [0.25, 0.3) is 10.2 Å². The quantitative estimate of drug-likeness (QED) is 0.568. The second-order valence-electron chi connectivity index (χ2n) is 6.85. The Balaban J connectivity index is 1.31. The van der Waals surface area contributed by atoms with Crippen LogP contribution in [0, 0.1) is 0 Å². The van der Waals surface area contributed by atoms with Gasteiger partial charge in [-0.15, -0.1) is 0 Å². The highest BCUT2D eigenvalue weighted by atomic mass is 32.1. The average Bonchev–Trinajstić information content (AvgIpc) is 3.27. The molecule has 0 saturated carbocycles. The van der Waals surface area contributed by atoms with Crippen molar-refractivity contribution in [2.75, 3.05) is 12.4 Å². The molecule has 4 rings (SSSR count). The van der Waals surface area contributed by atoms with Gasteiger partial charge in [0.05, 0.1) is 23.9 Å². The van der Waals surface area contributed by atoms with Gasteiger partial charge in [0.25, 0.3) is 5.91 Å². The Labute approximate surface area is 176 Å². The molecule has 1 aliphatic rings. The molecule has 0 radical (unpaired) electrons. The van der Waals surface area contributed by atoms with E-state index < -0.39 is 12.1 Å². The number of hydrogen-bond acceptors (Lipinski definition) is 6. The molecule has 9 heteroatoms. The van der Waals surface area contributed by atoms with E-state index in [1.807, 2.05) is 24.3 Å². The molecule has 1 saturated heterocycles. The summed E-state index contributed by atoms with van der Waals surface area (Å²) in [5.41, 5.74) is 1.64. The van der Waals surface area contributed by atoms with Crippen LogP contribution >= 0.6 is 11.3 Å². The molecule has 4 amide bonds. The molecule has 0 aliphatic carbocycles. The minimum absolute atomic E-state index is 0.100. The molecule has 2 heterocycles. The number of benzene rings is 2. The van der Waals surface area contributed by atoms with Gasteiger partial charge < -0.3 is 15.4 Å². The Morgan fingerprint density at radius 1 is 1.20 bits per heavy atom. The van der Waals surface area contributed by atoms with E-state index in [4.69, 9.17) is 4.74 Å². The van der Waals surface area contributed by atoms with E-state index in [-0.39, 0.29) is 31.2 Å². The number of rotatable bonds is 7. The summed E-state index contributed by atoms with van der Waals surface area (Å²) < 4.78 is 6.10. The number of carbonyl (C=O) groups is 3. The first-order valence-electron chi connectivity index (χ1n) is 9.44. The van der Waals surface area contributed by atoms with Crippen LogP contribution in [-0.2, 0) is 16.1 Å². The molecule has 1 aromatic heterocycles. The molecule has 1 atom stereocenters. The fourth-order valence-corrected chi connectivity index (χ4v) is 4.10. The van der Waals surface area contributed by atoms with Crippen molar-refractivity contribution in [3.63, 3.8) is 0 Å². The smallest absolute Gasteiger partial charge is 0.325 e. The van der Waals surface area contributed by atoms with Gasteiger partial charge in [0.1, 0.15) is 11.8 Å². The van der Waals surface area contributed by atoms with E-state index in [1.54, 1.807) is 31.4 Å². The van der Waals surface area contributed by atoms with Crippen molar-refractivity contribution in [3.8, 4) is 5.75 Å². The normalized spacial score (nSPS) is 16.0. The van der Waals surface area contributed by atoms with E-state index in [1.165, 1.54) is 11.3 Å². The fourth-order valence-electron chi connectivity index (χ4n) is 3.22. The summed E-state index contributed by atoms with van der Waals surface area (Å²) in [5.74, 6) is 0.126. The number of nitrogens with one attached hydrogen (secondary N) is 2. The molecule has 30 heavy (non-hydrogen) atoms. The first-order valence-corrected chi connectivity index (χ1v) is 10.3. The second kappa shape index (κ2) is 8.50. The summed E-state index contributed by atoms with van der Waals surface area (Å²) in [5, 5.41) is 5.94. The van der Waals surface area contributed by atoms with Crippen molar-refractivity contribution in [2.24, 2.45) is 0 Å². The van der Waals surface area contributed by atoms with Gasteiger partial charge in [-0.2, -0.15) is 0 Å². The number of aromatic nitrogens is 1. The number of nitrogens with zero attached hydrogens (tertiary/aromatic N) is 2. The number of ether oxygens (including phenoxy) is 1. The number of anilines is 1. The number of carbonyl (C=O) groups excluding carboxylic acids is 3. The van der Waals surface area contributed by atoms with E-state index in [0.717, 1.165) is 20.7 Å². The Bertz CT molecular complexity index is 1060. The largest absolute Gasteiger partial charge is 0.497 e. The number of thiazole rings is 1. The molecule has 2 aromatic carbocycles. The number of imide groups is 1. The summed E-state index contributed by atoms with van der Waals surface area (Å²) in [7, 11) is 1.57. The standard InChI is InChI=1S/C21H20N4O4S/c1-29-14-8-6-13(7-9-14)12-25-19(27)16(23-21(25)28)10-11-18(26)24-20-22-15-4-2-3-5-17(15)30-20/h2-9,16H,10-12H2,1H3,(H,23,28)(H,22,24,26). The van der Waals surface area contributed by atoms with Gasteiger partial charge in [-0.1, -0.05) is 35.6 Å². The van der Waals surface area contributed by atoms with E-state index >= 15 is 0 Å². The lowest BCUT2D eigenvalue weighted by Crippen LogP contribution is -2.31. The topological polar surface area (TPSA) is 101 Å². The lowest BCUT2D eigenvalue weighted by atomic mass is 10.1. The molecule has 3 aromatic rings. The van der Waals surface area contributed by atoms with Crippen LogP contribution in [0.4, 0.5) is 9.93 Å². The van der Waals surface area contributed by atoms with Crippen LogP contribution in [-0.4, -0.2) is 40.9 Å². The zero-order valence-electron chi connectivity index (χ0n) is 16.3. The number of fused-ring (bicyclic) bond motifs is 1. The highest BCUT2D eigenvalue weighted by Gasteiger charge is 2.37. The monoisotopic (exact) mass is 424 g/mol. The number of methoxy groups -OCH3 is 1. The first-order chi connectivity index (χ1) is 14.5. The maximum absolute atomic E-state index is 12.6. The SMILES string of the molecule is COc1ccc(CN2C(=O)NC(CCC(=O)Nc3nc4ccccc4s3)C2=O)cc1. The molecule has 1 unspecified atom stereocenters. The molecule has 1 fully saturated rings. The van der Waals surface area contributed by atoms with Gasteiger partial charge in [0, 0.05) is 6.42 Å². The van der Waals surface area contributed by atoms with Gasteiger partial charge in [-0.05, 0) is 36.2 Å². The first kappa shape index (κ1) is 19.8. The molecule has 0 spiro atoms. The predicted octanol–water partition coefficient (Wildman–Crippen LogP) is 3.14. The minimum Gasteiger partial charge on any atom is -0.497 e. The van der Waals surface area contributed by atoms with Crippen LogP contribution in [0.15, 0.2) is 48.5 Å². The lowest BCUT2D eigenvalue weighted by Gasteiger charge is -2.13. The van der Waals surface area contributed by atoms with Crippen LogP contribution in [0.1, 0.15) is 18.4 Å². The van der Waals surface area contributed by atoms with Crippen LogP contribution in [0.5, 0.6) is 5.75 Å². The summed E-state index contributed by atoms with van der Waals surface area (Å²) in [6.07, 6.45) is 0.323. The van der Waals surface area contributed by atoms with Gasteiger partial charge in [0.2, 0.25) is 5.91 Å². The molecule has 0 bridgehead atoms. The highest BCUT2D eigenvalue weighted by Crippen LogP contribution is 2.25. The van der Waals surface area contributed by atoms with Crippen molar-refractivity contribution in [1.29, 1.82) is 0 Å². The Kier molecular flexibility index (Phi) is 5.62. The number of para-hydroxylation sites is 1. The third kappa shape index (κ3) is 4.25. The lowest BCUT2D eigenvalue weighted by molar-refractivity contribution is -0.128. The van der Waals surface area contributed by atoms with Gasteiger partial charge in [-0.25, -0.2) is 9.78 Å². The van der Waals surface area contributed by atoms with Crippen molar-refractivity contribution in [3.05, 3.63) is 54.1 Å². The number of urea groups is 1. The maximum Gasteiger partial charge on any atom is 0.325 e. The Hall–Kier alpha value is -3.46. The zero-order valence-corrected chi connectivity index (χ0v) is 17.1. The summed E-state index contributed by atoms with van der Waals surface area (Å²) in [4.78, 5) is 42.6. The van der Waals surface area contributed by atoms with Gasteiger partial charge in [-0.3, -0.25) is 14.5 Å². The summed E-state index contributed by atoms with van der Waals surface area (Å²) in [6.45, 7) is 0.170. The molecule has 2 N–H and O–H groups in total.